The van der Waals surface area contributed by atoms with Crippen LogP contribution in [-0.4, -0.2) is 16.8 Å². The largest absolute Gasteiger partial charge is 0.478 e. The van der Waals surface area contributed by atoms with Crippen LogP contribution in [0.1, 0.15) is 17.3 Å². The van der Waals surface area contributed by atoms with Crippen LogP contribution in [0.3, 0.4) is 0 Å². The van der Waals surface area contributed by atoms with Crippen molar-refractivity contribution in [1.29, 1.82) is 0 Å². The summed E-state index contributed by atoms with van der Waals surface area (Å²) >= 11 is 4.90. The van der Waals surface area contributed by atoms with Gasteiger partial charge in [0.1, 0.15) is 0 Å². The Hall–Kier alpha value is -0.480. The monoisotopic (exact) mass is 260 g/mol. The predicted octanol–water partition coefficient (Wildman–Crippen LogP) is 3.26. The van der Waals surface area contributed by atoms with Crippen LogP contribution in [0.4, 0.5) is 0 Å². The molecule has 0 saturated carbocycles. The van der Waals surface area contributed by atoms with Crippen LogP contribution in [0.25, 0.3) is 0 Å². The van der Waals surface area contributed by atoms with E-state index in [4.69, 9.17) is 5.11 Å². The van der Waals surface area contributed by atoms with Gasteiger partial charge in [-0.3, -0.25) is 0 Å². The van der Waals surface area contributed by atoms with Crippen molar-refractivity contribution in [3.8, 4) is 0 Å². The molecule has 13 heavy (non-hydrogen) atoms. The second kappa shape index (κ2) is 4.67. The van der Waals surface area contributed by atoms with E-state index in [9.17, 15) is 4.79 Å². The molecule has 0 atom stereocenters. The molecule has 0 radical (unpaired) electrons. The fraction of sp³-hybridized carbons (Fsp3) is 0.222. The molecule has 0 aliphatic heterocycles. The van der Waals surface area contributed by atoms with Gasteiger partial charge < -0.3 is 5.11 Å². The van der Waals surface area contributed by atoms with Crippen LogP contribution < -0.4 is 0 Å². The van der Waals surface area contributed by atoms with Gasteiger partial charge in [-0.05, 0) is 24.0 Å². The zero-order valence-corrected chi connectivity index (χ0v) is 9.48. The second-order valence-corrected chi connectivity index (χ2v) is 4.67. The molecular weight excluding hydrogens is 252 g/mol. The summed E-state index contributed by atoms with van der Waals surface area (Å²) in [7, 11) is 0. The molecule has 1 rings (SSSR count). The molecule has 0 amide bonds. The van der Waals surface area contributed by atoms with Crippen molar-refractivity contribution in [3.63, 3.8) is 0 Å². The van der Waals surface area contributed by atoms with Crippen LogP contribution >= 0.6 is 27.7 Å². The van der Waals surface area contributed by atoms with Crippen molar-refractivity contribution < 1.29 is 9.90 Å². The Kier molecular flexibility index (Phi) is 3.81. The lowest BCUT2D eigenvalue weighted by molar-refractivity contribution is 0.0696. The Morgan fingerprint density at radius 2 is 2.23 bits per heavy atom. The number of aromatic carboxylic acids is 1. The number of hydrogen-bond donors (Lipinski definition) is 1. The Bertz CT molecular complexity index is 325. The van der Waals surface area contributed by atoms with Crippen LogP contribution in [0.15, 0.2) is 27.6 Å². The van der Waals surface area contributed by atoms with Crippen LogP contribution in [-0.2, 0) is 0 Å². The highest BCUT2D eigenvalue weighted by Crippen LogP contribution is 2.24. The van der Waals surface area contributed by atoms with E-state index in [1.807, 2.05) is 13.0 Å². The summed E-state index contributed by atoms with van der Waals surface area (Å²) in [5, 5.41) is 8.77. The van der Waals surface area contributed by atoms with Crippen LogP contribution in [0.2, 0.25) is 0 Å². The van der Waals surface area contributed by atoms with Gasteiger partial charge in [0.15, 0.2) is 0 Å². The fourth-order valence-electron chi connectivity index (χ4n) is 0.936. The number of hydrogen-bond acceptors (Lipinski definition) is 2. The van der Waals surface area contributed by atoms with Crippen molar-refractivity contribution >= 4 is 33.7 Å². The molecule has 0 aromatic heterocycles. The third-order valence-electron chi connectivity index (χ3n) is 1.43. The maximum absolute atomic E-state index is 10.7. The molecule has 1 N–H and O–H groups in total. The highest BCUT2D eigenvalue weighted by atomic mass is 79.9. The van der Waals surface area contributed by atoms with Crippen molar-refractivity contribution in [1.82, 2.24) is 0 Å². The third kappa shape index (κ3) is 3.04. The number of benzene rings is 1. The van der Waals surface area contributed by atoms with E-state index in [0.717, 1.165) is 15.1 Å². The van der Waals surface area contributed by atoms with Gasteiger partial charge in [-0.1, -0.05) is 22.9 Å². The average molecular weight is 261 g/mol. The Balaban J connectivity index is 3.03. The molecule has 0 fully saturated rings. The minimum atomic E-state index is -0.890. The summed E-state index contributed by atoms with van der Waals surface area (Å²) in [6, 6.07) is 5.20. The van der Waals surface area contributed by atoms with Crippen molar-refractivity contribution in [2.24, 2.45) is 0 Å². The number of carboxylic acids is 1. The summed E-state index contributed by atoms with van der Waals surface area (Å²) in [5.74, 6) is 0.0504. The molecule has 0 aliphatic carbocycles. The molecule has 0 saturated heterocycles. The van der Waals surface area contributed by atoms with E-state index in [-0.39, 0.29) is 0 Å². The zero-order valence-electron chi connectivity index (χ0n) is 7.08. The molecule has 1 aromatic carbocycles. The lowest BCUT2D eigenvalue weighted by Crippen LogP contribution is -1.96. The number of carbonyl (C=O) groups is 1. The summed E-state index contributed by atoms with van der Waals surface area (Å²) in [6.45, 7) is 2.03. The molecule has 0 unspecified atom stereocenters. The second-order valence-electron chi connectivity index (χ2n) is 2.41. The van der Waals surface area contributed by atoms with Gasteiger partial charge in [0.25, 0.3) is 0 Å². The van der Waals surface area contributed by atoms with Crippen LogP contribution in [0.5, 0.6) is 0 Å². The molecule has 2 nitrogen and oxygen atoms in total. The van der Waals surface area contributed by atoms with E-state index in [2.05, 4.69) is 15.9 Å². The highest BCUT2D eigenvalue weighted by molar-refractivity contribution is 9.10. The van der Waals surface area contributed by atoms with E-state index in [0.29, 0.717) is 5.56 Å². The Morgan fingerprint density at radius 3 is 2.77 bits per heavy atom. The number of carboxylic acid groups (broad SMARTS) is 1. The Labute approximate surface area is 89.5 Å². The van der Waals surface area contributed by atoms with Gasteiger partial charge in [0, 0.05) is 9.37 Å². The molecular formula is C9H9BrO2S. The van der Waals surface area contributed by atoms with E-state index < -0.39 is 5.97 Å². The SMILES string of the molecule is CCSc1cc(Br)cc(C(=O)O)c1. The van der Waals surface area contributed by atoms with Gasteiger partial charge in [-0.2, -0.15) is 0 Å². The van der Waals surface area contributed by atoms with Crippen molar-refractivity contribution in [3.05, 3.63) is 28.2 Å². The minimum Gasteiger partial charge on any atom is -0.478 e. The molecule has 4 heteroatoms. The topological polar surface area (TPSA) is 37.3 Å². The maximum atomic E-state index is 10.7. The summed E-state index contributed by atoms with van der Waals surface area (Å²) in [6.07, 6.45) is 0. The first kappa shape index (κ1) is 10.6. The minimum absolute atomic E-state index is 0.324. The maximum Gasteiger partial charge on any atom is 0.335 e. The standard InChI is InChI=1S/C9H9BrO2S/c1-2-13-8-4-6(9(11)12)3-7(10)5-8/h3-5H,2H2,1H3,(H,11,12). The normalized spacial score (nSPS) is 10.0. The van der Waals surface area contributed by atoms with Gasteiger partial charge in [-0.15, -0.1) is 11.8 Å². The van der Waals surface area contributed by atoms with E-state index >= 15 is 0 Å². The van der Waals surface area contributed by atoms with Gasteiger partial charge in [0.05, 0.1) is 5.56 Å². The number of thioether (sulfide) groups is 1. The smallest absolute Gasteiger partial charge is 0.335 e. The highest BCUT2D eigenvalue weighted by Gasteiger charge is 2.05. The first-order valence-corrected chi connectivity index (χ1v) is 5.58. The molecule has 70 valence electrons. The first-order chi connectivity index (χ1) is 6.13. The molecule has 1 aromatic rings. The summed E-state index contributed by atoms with van der Waals surface area (Å²) in [4.78, 5) is 11.7. The predicted molar refractivity (Wildman–Crippen MR) is 57.5 cm³/mol. The summed E-state index contributed by atoms with van der Waals surface area (Å²) < 4.78 is 0.809. The van der Waals surface area contributed by atoms with E-state index in [1.54, 1.807) is 23.9 Å². The van der Waals surface area contributed by atoms with Gasteiger partial charge in [-0.25, -0.2) is 4.79 Å². The quantitative estimate of drug-likeness (QED) is 0.848. The molecule has 0 spiro atoms. The van der Waals surface area contributed by atoms with Crippen molar-refractivity contribution in [2.45, 2.75) is 11.8 Å². The lowest BCUT2D eigenvalue weighted by Gasteiger charge is -2.01. The average Bonchev–Trinajstić information content (AvgIpc) is 2.03. The third-order valence-corrected chi connectivity index (χ3v) is 2.74. The van der Waals surface area contributed by atoms with Gasteiger partial charge in [0.2, 0.25) is 0 Å². The lowest BCUT2D eigenvalue weighted by atomic mass is 10.2. The first-order valence-electron chi connectivity index (χ1n) is 3.80. The van der Waals surface area contributed by atoms with Crippen molar-refractivity contribution in [2.75, 3.05) is 5.75 Å². The number of rotatable bonds is 3. The van der Waals surface area contributed by atoms with Crippen LogP contribution in [0, 0.1) is 0 Å². The fourth-order valence-corrected chi connectivity index (χ4v) is 2.33. The van der Waals surface area contributed by atoms with Gasteiger partial charge >= 0.3 is 5.97 Å². The Morgan fingerprint density at radius 1 is 1.54 bits per heavy atom. The molecule has 0 heterocycles. The summed E-state index contributed by atoms with van der Waals surface area (Å²) in [5.41, 5.74) is 0.324. The number of halogens is 1. The molecule has 0 bridgehead atoms. The zero-order chi connectivity index (χ0) is 9.84. The van der Waals surface area contributed by atoms with E-state index in [1.165, 1.54) is 0 Å². The molecule has 0 aliphatic rings.